The first kappa shape index (κ1) is 27.4. The zero-order valence-corrected chi connectivity index (χ0v) is 21.8. The molecule has 0 bridgehead atoms. The standard InChI is InChI=1S/C28H25Cl2NO7/c1-14(31-25(32)19-13-20(26(33)34)24(19)27(35)36)23(11-15-6-9-21(29)22(30)10-15)38-28(37)18-8-7-16-4-2-3-5-17(16)12-18/h2-10,12,14,19-20,23-24H,11,13H2,1H3,(H,31,32)(H,33,34)(H,35,36)/t14-,19+,20+,23+,24+/m0/s1. The van der Waals surface area contributed by atoms with Crippen LogP contribution in [-0.4, -0.2) is 46.2 Å². The molecule has 0 unspecified atom stereocenters. The van der Waals surface area contributed by atoms with Crippen LogP contribution in [0.1, 0.15) is 29.3 Å². The quantitative estimate of drug-likeness (QED) is 0.321. The van der Waals surface area contributed by atoms with Crippen LogP contribution in [0.5, 0.6) is 0 Å². The van der Waals surface area contributed by atoms with Crippen molar-refractivity contribution in [2.45, 2.75) is 31.9 Å². The summed E-state index contributed by atoms with van der Waals surface area (Å²) in [6, 6.07) is 17.0. The van der Waals surface area contributed by atoms with Crippen LogP contribution in [0, 0.1) is 17.8 Å². The molecule has 0 saturated heterocycles. The SMILES string of the molecule is C[C@H](NC(=O)[C@@H]1C[C@@H](C(=O)O)[C@@H]1C(=O)O)[C@@H](Cc1ccc(Cl)c(Cl)c1)OC(=O)c1ccc2ccccc2c1. The van der Waals surface area contributed by atoms with Gasteiger partial charge in [-0.1, -0.05) is 59.6 Å². The van der Waals surface area contributed by atoms with Crippen molar-refractivity contribution in [3.63, 3.8) is 0 Å². The van der Waals surface area contributed by atoms with E-state index in [-0.39, 0.29) is 12.8 Å². The fourth-order valence-electron chi connectivity index (χ4n) is 4.69. The molecule has 38 heavy (non-hydrogen) atoms. The number of carbonyl (C=O) groups is 4. The molecule has 8 nitrogen and oxygen atoms in total. The molecule has 4 rings (SSSR count). The van der Waals surface area contributed by atoms with Crippen molar-refractivity contribution in [1.29, 1.82) is 0 Å². The van der Waals surface area contributed by atoms with E-state index in [1.165, 1.54) is 0 Å². The molecule has 3 aromatic rings. The number of carbonyl (C=O) groups excluding carboxylic acids is 2. The van der Waals surface area contributed by atoms with Crippen LogP contribution in [0.4, 0.5) is 0 Å². The van der Waals surface area contributed by atoms with Gasteiger partial charge >= 0.3 is 17.9 Å². The zero-order chi connectivity index (χ0) is 27.6. The molecule has 1 amide bonds. The lowest BCUT2D eigenvalue weighted by Crippen LogP contribution is -2.55. The first-order valence-electron chi connectivity index (χ1n) is 11.9. The van der Waals surface area contributed by atoms with Crippen LogP contribution in [0.3, 0.4) is 0 Å². The summed E-state index contributed by atoms with van der Waals surface area (Å²) in [6.07, 6.45) is -0.754. The van der Waals surface area contributed by atoms with Gasteiger partial charge in [0.25, 0.3) is 0 Å². The minimum absolute atomic E-state index is 0.0841. The predicted molar refractivity (Wildman–Crippen MR) is 141 cm³/mol. The highest BCUT2D eigenvalue weighted by Crippen LogP contribution is 2.41. The second-order valence-corrected chi connectivity index (χ2v) is 10.2. The Bertz CT molecular complexity index is 1410. The molecule has 3 aromatic carbocycles. The summed E-state index contributed by atoms with van der Waals surface area (Å²) < 4.78 is 5.85. The van der Waals surface area contributed by atoms with Crippen LogP contribution < -0.4 is 5.32 Å². The number of aliphatic carboxylic acids is 2. The summed E-state index contributed by atoms with van der Waals surface area (Å²) in [7, 11) is 0. The Labute approximate surface area is 228 Å². The molecule has 0 aliphatic heterocycles. The van der Waals surface area contributed by atoms with Gasteiger partial charge in [0.15, 0.2) is 0 Å². The van der Waals surface area contributed by atoms with Crippen molar-refractivity contribution in [2.24, 2.45) is 17.8 Å². The second kappa shape index (κ2) is 11.4. The Morgan fingerprint density at radius 1 is 0.921 bits per heavy atom. The Morgan fingerprint density at radius 2 is 1.63 bits per heavy atom. The maximum atomic E-state index is 13.1. The summed E-state index contributed by atoms with van der Waals surface area (Å²) >= 11 is 12.2. The van der Waals surface area contributed by atoms with Gasteiger partial charge in [-0.15, -0.1) is 0 Å². The predicted octanol–water partition coefficient (Wildman–Crippen LogP) is 4.84. The summed E-state index contributed by atoms with van der Waals surface area (Å²) in [5.74, 6) is -7.26. The molecule has 0 aromatic heterocycles. The van der Waals surface area contributed by atoms with Crippen molar-refractivity contribution < 1.29 is 34.1 Å². The number of nitrogens with one attached hydrogen (secondary N) is 1. The van der Waals surface area contributed by atoms with Crippen molar-refractivity contribution >= 4 is 57.8 Å². The molecule has 0 radical (unpaired) electrons. The van der Waals surface area contributed by atoms with Crippen LogP contribution in [0.25, 0.3) is 10.8 Å². The molecule has 1 saturated carbocycles. The molecule has 198 valence electrons. The van der Waals surface area contributed by atoms with Crippen LogP contribution in [0.2, 0.25) is 10.0 Å². The summed E-state index contributed by atoms with van der Waals surface area (Å²) in [5.41, 5.74) is 1.03. The maximum absolute atomic E-state index is 13.1. The Balaban J connectivity index is 1.54. The van der Waals surface area contributed by atoms with Crippen molar-refractivity contribution in [3.8, 4) is 0 Å². The lowest BCUT2D eigenvalue weighted by molar-refractivity contribution is -0.169. The molecular formula is C28H25Cl2NO7. The minimum atomic E-state index is -1.34. The van der Waals surface area contributed by atoms with E-state index in [9.17, 15) is 29.4 Å². The minimum Gasteiger partial charge on any atom is -0.481 e. The van der Waals surface area contributed by atoms with Crippen LogP contribution in [0.15, 0.2) is 60.7 Å². The lowest BCUT2D eigenvalue weighted by atomic mass is 9.64. The highest BCUT2D eigenvalue weighted by Gasteiger charge is 2.53. The average molecular weight is 558 g/mol. The van der Waals surface area contributed by atoms with Gasteiger partial charge in [0.1, 0.15) is 6.10 Å². The maximum Gasteiger partial charge on any atom is 0.338 e. The number of carboxylic acid groups (broad SMARTS) is 2. The highest BCUT2D eigenvalue weighted by atomic mass is 35.5. The number of ether oxygens (including phenoxy) is 1. The number of hydrogen-bond acceptors (Lipinski definition) is 5. The first-order valence-corrected chi connectivity index (χ1v) is 12.7. The smallest absolute Gasteiger partial charge is 0.338 e. The van der Waals surface area contributed by atoms with Crippen LogP contribution in [-0.2, 0) is 25.5 Å². The number of esters is 1. The third kappa shape index (κ3) is 5.92. The van der Waals surface area contributed by atoms with Crippen LogP contribution >= 0.6 is 23.2 Å². The van der Waals surface area contributed by atoms with E-state index in [2.05, 4.69) is 5.32 Å². The third-order valence-electron chi connectivity index (χ3n) is 6.91. The molecule has 0 heterocycles. The monoisotopic (exact) mass is 557 g/mol. The number of benzene rings is 3. The van der Waals surface area contributed by atoms with E-state index in [4.69, 9.17) is 27.9 Å². The first-order chi connectivity index (χ1) is 18.0. The van der Waals surface area contributed by atoms with E-state index in [1.54, 1.807) is 37.3 Å². The molecule has 10 heteroatoms. The molecule has 1 fully saturated rings. The molecule has 1 aliphatic carbocycles. The van der Waals surface area contributed by atoms with E-state index >= 15 is 0 Å². The van der Waals surface area contributed by atoms with Crippen molar-refractivity contribution in [1.82, 2.24) is 5.32 Å². The molecule has 3 N–H and O–H groups in total. The van der Waals surface area contributed by atoms with Crippen molar-refractivity contribution in [2.75, 3.05) is 0 Å². The number of carboxylic acids is 2. The van der Waals surface area contributed by atoms with Gasteiger partial charge in [-0.05, 0) is 53.9 Å². The normalized spacial score (nSPS) is 20.1. The van der Waals surface area contributed by atoms with Gasteiger partial charge < -0.3 is 20.3 Å². The van der Waals surface area contributed by atoms with Gasteiger partial charge in [-0.2, -0.15) is 0 Å². The molecule has 1 aliphatic rings. The summed E-state index contributed by atoms with van der Waals surface area (Å²) in [6.45, 7) is 1.64. The van der Waals surface area contributed by atoms with Crippen molar-refractivity contribution in [3.05, 3.63) is 81.8 Å². The number of hydrogen-bond donors (Lipinski definition) is 3. The molecule has 0 spiro atoms. The average Bonchev–Trinajstić information content (AvgIpc) is 2.84. The Morgan fingerprint density at radius 3 is 2.29 bits per heavy atom. The fraction of sp³-hybridized carbons (Fsp3) is 0.286. The number of halogens is 2. The number of rotatable bonds is 9. The number of amides is 1. The van der Waals surface area contributed by atoms with E-state index in [0.29, 0.717) is 21.2 Å². The summed E-state index contributed by atoms with van der Waals surface area (Å²) in [5, 5.41) is 23.9. The second-order valence-electron chi connectivity index (χ2n) is 9.41. The fourth-order valence-corrected chi connectivity index (χ4v) is 5.01. The van der Waals surface area contributed by atoms with Gasteiger partial charge in [-0.3, -0.25) is 14.4 Å². The Kier molecular flexibility index (Phi) is 8.23. The molecule has 5 atom stereocenters. The third-order valence-corrected chi connectivity index (χ3v) is 7.65. The van der Waals surface area contributed by atoms with Gasteiger partial charge in [-0.25, -0.2) is 4.79 Å². The lowest BCUT2D eigenvalue weighted by Gasteiger charge is -2.39. The van der Waals surface area contributed by atoms with Gasteiger partial charge in [0, 0.05) is 6.42 Å². The summed E-state index contributed by atoms with van der Waals surface area (Å²) in [4.78, 5) is 49.0. The molecular weight excluding hydrogens is 533 g/mol. The van der Waals surface area contributed by atoms with E-state index < -0.39 is 53.7 Å². The Hall–Kier alpha value is -3.62. The van der Waals surface area contributed by atoms with E-state index in [0.717, 1.165) is 10.8 Å². The van der Waals surface area contributed by atoms with E-state index in [1.807, 2.05) is 30.3 Å². The zero-order valence-electron chi connectivity index (χ0n) is 20.3. The number of fused-ring (bicyclic) bond motifs is 1. The highest BCUT2D eigenvalue weighted by molar-refractivity contribution is 6.42. The van der Waals surface area contributed by atoms with Gasteiger partial charge in [0.05, 0.1) is 39.4 Å². The topological polar surface area (TPSA) is 130 Å². The van der Waals surface area contributed by atoms with Gasteiger partial charge in [0.2, 0.25) is 5.91 Å². The largest absolute Gasteiger partial charge is 0.481 e.